The summed E-state index contributed by atoms with van der Waals surface area (Å²) in [6.45, 7) is 4.59. The summed E-state index contributed by atoms with van der Waals surface area (Å²) in [4.78, 5) is 12.4. The molecular weight excluding hydrogens is 198 g/mol. The molecule has 0 heterocycles. The van der Waals surface area contributed by atoms with Crippen LogP contribution in [0.4, 0.5) is 0 Å². The van der Waals surface area contributed by atoms with E-state index in [0.29, 0.717) is 6.54 Å². The fourth-order valence-electron chi connectivity index (χ4n) is 2.32. The molecule has 0 saturated heterocycles. The highest BCUT2D eigenvalue weighted by atomic mass is 16.1. The summed E-state index contributed by atoms with van der Waals surface area (Å²) >= 11 is 0. The van der Waals surface area contributed by atoms with Crippen molar-refractivity contribution >= 4 is 5.78 Å². The molecule has 0 bridgehead atoms. The fraction of sp³-hybridized carbons (Fsp3) is 0.500. The molecule has 0 radical (unpaired) electrons. The summed E-state index contributed by atoms with van der Waals surface area (Å²) in [6.07, 6.45) is 3.04. The number of ketones is 1. The van der Waals surface area contributed by atoms with Gasteiger partial charge in [-0.15, -0.1) is 0 Å². The first-order valence-electron chi connectivity index (χ1n) is 5.91. The van der Waals surface area contributed by atoms with E-state index in [0.717, 1.165) is 24.8 Å². The van der Waals surface area contributed by atoms with E-state index < -0.39 is 0 Å². The monoisotopic (exact) mass is 217 g/mol. The van der Waals surface area contributed by atoms with Crippen molar-refractivity contribution in [3.8, 4) is 0 Å². The molecule has 0 aromatic heterocycles. The van der Waals surface area contributed by atoms with Crippen molar-refractivity contribution in [1.82, 2.24) is 0 Å². The van der Waals surface area contributed by atoms with Crippen LogP contribution in [-0.2, 0) is 0 Å². The number of hydrogen-bond donors (Lipinski definition) is 1. The van der Waals surface area contributed by atoms with Gasteiger partial charge in [-0.25, -0.2) is 0 Å². The molecule has 0 unspecified atom stereocenters. The minimum Gasteiger partial charge on any atom is -0.329 e. The Bertz CT molecular complexity index is 413. The molecule has 2 N–H and O–H groups in total. The zero-order valence-corrected chi connectivity index (χ0v) is 10.0. The molecule has 1 aliphatic rings. The topological polar surface area (TPSA) is 43.1 Å². The van der Waals surface area contributed by atoms with Gasteiger partial charge in [-0.2, -0.15) is 0 Å². The zero-order valence-electron chi connectivity index (χ0n) is 10.0. The maximum Gasteiger partial charge on any atom is 0.170 e. The third-order valence-electron chi connectivity index (χ3n) is 3.95. The average molecular weight is 217 g/mol. The van der Waals surface area contributed by atoms with Gasteiger partial charge >= 0.3 is 0 Å². The second-order valence-corrected chi connectivity index (χ2v) is 4.97. The summed E-state index contributed by atoms with van der Waals surface area (Å²) in [7, 11) is 0. The maximum absolute atomic E-state index is 12.4. The van der Waals surface area contributed by atoms with E-state index in [9.17, 15) is 4.79 Å². The smallest absolute Gasteiger partial charge is 0.170 e. The molecule has 1 saturated carbocycles. The number of carbonyl (C=O) groups excluding carboxylic acids is 1. The van der Waals surface area contributed by atoms with Crippen LogP contribution in [-0.4, -0.2) is 12.3 Å². The van der Waals surface area contributed by atoms with Gasteiger partial charge in [0.05, 0.1) is 0 Å². The first-order chi connectivity index (χ1) is 7.59. The van der Waals surface area contributed by atoms with Crippen molar-refractivity contribution in [3.05, 3.63) is 34.9 Å². The van der Waals surface area contributed by atoms with Crippen molar-refractivity contribution in [2.75, 3.05) is 6.54 Å². The molecular formula is C14H19NO. The molecule has 0 amide bonds. The van der Waals surface area contributed by atoms with Crippen LogP contribution in [0.2, 0.25) is 0 Å². The van der Waals surface area contributed by atoms with Gasteiger partial charge in [-0.1, -0.05) is 18.6 Å². The molecule has 2 heteroatoms. The Morgan fingerprint density at radius 3 is 2.44 bits per heavy atom. The molecule has 1 aromatic carbocycles. The third kappa shape index (κ3) is 1.67. The summed E-state index contributed by atoms with van der Waals surface area (Å²) < 4.78 is 0. The van der Waals surface area contributed by atoms with E-state index in [1.807, 2.05) is 25.1 Å². The molecule has 0 spiro atoms. The summed E-state index contributed by atoms with van der Waals surface area (Å²) in [5.41, 5.74) is 8.74. The Morgan fingerprint density at radius 1 is 1.31 bits per heavy atom. The van der Waals surface area contributed by atoms with Crippen molar-refractivity contribution < 1.29 is 4.79 Å². The van der Waals surface area contributed by atoms with Crippen LogP contribution in [0.1, 0.15) is 40.7 Å². The first kappa shape index (κ1) is 11.3. The quantitative estimate of drug-likeness (QED) is 0.791. The van der Waals surface area contributed by atoms with E-state index in [4.69, 9.17) is 5.73 Å². The van der Waals surface area contributed by atoms with Crippen LogP contribution >= 0.6 is 0 Å². The van der Waals surface area contributed by atoms with Gasteiger partial charge < -0.3 is 5.73 Å². The van der Waals surface area contributed by atoms with Crippen LogP contribution < -0.4 is 5.73 Å². The number of Topliss-reactive ketones (excluding diaryl/α,β-unsaturated/α-hetero) is 1. The molecule has 2 nitrogen and oxygen atoms in total. The zero-order chi connectivity index (χ0) is 11.8. The predicted molar refractivity (Wildman–Crippen MR) is 65.6 cm³/mol. The largest absolute Gasteiger partial charge is 0.329 e. The maximum atomic E-state index is 12.4. The van der Waals surface area contributed by atoms with Crippen molar-refractivity contribution in [1.29, 1.82) is 0 Å². The number of aryl methyl sites for hydroxylation is 2. The Kier molecular flexibility index (Phi) is 2.85. The van der Waals surface area contributed by atoms with Crippen molar-refractivity contribution in [2.24, 2.45) is 11.1 Å². The number of benzene rings is 1. The minimum absolute atomic E-state index is 0.240. The highest BCUT2D eigenvalue weighted by molar-refractivity contribution is 6.01. The predicted octanol–water partition coefficient (Wildman–Crippen LogP) is 2.62. The van der Waals surface area contributed by atoms with Gasteiger partial charge in [0.25, 0.3) is 0 Å². The van der Waals surface area contributed by atoms with Gasteiger partial charge in [-0.05, 0) is 43.9 Å². The lowest BCUT2D eigenvalue weighted by molar-refractivity contribution is 0.0636. The van der Waals surface area contributed by atoms with Crippen LogP contribution in [0.25, 0.3) is 0 Å². The third-order valence-corrected chi connectivity index (χ3v) is 3.95. The lowest BCUT2D eigenvalue weighted by Gasteiger charge is -2.39. The van der Waals surface area contributed by atoms with Gasteiger partial charge in [-0.3, -0.25) is 4.79 Å². The number of rotatable bonds is 3. The van der Waals surface area contributed by atoms with E-state index in [-0.39, 0.29) is 11.2 Å². The van der Waals surface area contributed by atoms with Crippen molar-refractivity contribution in [2.45, 2.75) is 33.1 Å². The minimum atomic E-state index is -0.248. The summed E-state index contributed by atoms with van der Waals surface area (Å²) in [5.74, 6) is 0.240. The Morgan fingerprint density at radius 2 is 2.00 bits per heavy atom. The Balaban J connectivity index is 2.30. The first-order valence-corrected chi connectivity index (χ1v) is 5.91. The standard InChI is InChI=1S/C14H19NO/c1-10-4-5-12(8-11(10)2)13(16)14(9-15)6-3-7-14/h4-5,8H,3,6-7,9,15H2,1-2H3. The SMILES string of the molecule is Cc1ccc(C(=O)C2(CN)CCC2)cc1C. The molecule has 0 atom stereocenters. The molecule has 16 heavy (non-hydrogen) atoms. The fourth-order valence-corrected chi connectivity index (χ4v) is 2.32. The highest BCUT2D eigenvalue weighted by Crippen LogP contribution is 2.42. The van der Waals surface area contributed by atoms with Crippen LogP contribution in [0.5, 0.6) is 0 Å². The Hall–Kier alpha value is -1.15. The van der Waals surface area contributed by atoms with Gasteiger partial charge in [0.1, 0.15) is 0 Å². The lowest BCUT2D eigenvalue weighted by Crippen LogP contribution is -2.44. The Labute approximate surface area is 96.8 Å². The lowest BCUT2D eigenvalue weighted by atomic mass is 9.64. The van der Waals surface area contributed by atoms with E-state index in [2.05, 4.69) is 6.92 Å². The molecule has 2 rings (SSSR count). The normalized spacial score (nSPS) is 17.9. The average Bonchev–Trinajstić information content (AvgIpc) is 2.21. The van der Waals surface area contributed by atoms with Crippen LogP contribution in [0.15, 0.2) is 18.2 Å². The molecule has 1 aliphatic carbocycles. The van der Waals surface area contributed by atoms with E-state index >= 15 is 0 Å². The number of hydrogen-bond acceptors (Lipinski definition) is 2. The highest BCUT2D eigenvalue weighted by Gasteiger charge is 2.42. The van der Waals surface area contributed by atoms with Crippen molar-refractivity contribution in [3.63, 3.8) is 0 Å². The van der Waals surface area contributed by atoms with Gasteiger partial charge in [0.2, 0.25) is 0 Å². The number of nitrogens with two attached hydrogens (primary N) is 1. The number of carbonyl (C=O) groups is 1. The van der Waals surface area contributed by atoms with E-state index in [1.54, 1.807) is 0 Å². The molecule has 1 fully saturated rings. The van der Waals surface area contributed by atoms with Crippen LogP contribution in [0, 0.1) is 19.3 Å². The van der Waals surface area contributed by atoms with Gasteiger partial charge in [0.15, 0.2) is 5.78 Å². The molecule has 0 aliphatic heterocycles. The summed E-state index contributed by atoms with van der Waals surface area (Å²) in [5, 5.41) is 0. The second kappa shape index (κ2) is 4.02. The second-order valence-electron chi connectivity index (χ2n) is 4.97. The molecule has 86 valence electrons. The molecule has 1 aromatic rings. The van der Waals surface area contributed by atoms with E-state index in [1.165, 1.54) is 11.1 Å². The van der Waals surface area contributed by atoms with Crippen LogP contribution in [0.3, 0.4) is 0 Å². The van der Waals surface area contributed by atoms with Gasteiger partial charge in [0, 0.05) is 17.5 Å². The summed E-state index contributed by atoms with van der Waals surface area (Å²) in [6, 6.07) is 5.94.